The molecular formula is C12H10N4OS. The number of hydrogen-bond donors (Lipinski definition) is 0. The highest BCUT2D eigenvalue weighted by molar-refractivity contribution is 7.98. The Morgan fingerprint density at radius 2 is 2.06 bits per heavy atom. The van der Waals surface area contributed by atoms with Gasteiger partial charge >= 0.3 is 0 Å². The Bertz CT molecular complexity index is 606. The minimum atomic E-state index is 0.766. The molecule has 0 N–H and O–H groups in total. The molecule has 0 aliphatic heterocycles. The van der Waals surface area contributed by atoms with Crippen LogP contribution in [0.2, 0.25) is 0 Å². The molecular weight excluding hydrogens is 248 g/mol. The summed E-state index contributed by atoms with van der Waals surface area (Å²) in [5.74, 6) is 0.781. The van der Waals surface area contributed by atoms with E-state index in [1.807, 2.05) is 36.4 Å². The molecule has 0 radical (unpaired) electrons. The maximum absolute atomic E-state index is 5.03. The predicted octanol–water partition coefficient (Wildman–Crippen LogP) is 2.55. The molecule has 6 heteroatoms. The van der Waals surface area contributed by atoms with Crippen LogP contribution in [0, 0.1) is 0 Å². The van der Waals surface area contributed by atoms with Crippen molar-refractivity contribution in [2.24, 2.45) is 0 Å². The number of hydrogen-bond acceptors (Lipinski definition) is 5. The second-order valence-corrected chi connectivity index (χ2v) is 4.57. The van der Waals surface area contributed by atoms with Gasteiger partial charge in [-0.15, -0.1) is 5.10 Å². The smallest absolute Gasteiger partial charge is 0.214 e. The van der Waals surface area contributed by atoms with Gasteiger partial charge in [-0.05, 0) is 28.6 Å². The Labute approximate surface area is 108 Å². The summed E-state index contributed by atoms with van der Waals surface area (Å²) in [7, 11) is 0. The quantitative estimate of drug-likeness (QED) is 0.673. The molecule has 5 nitrogen and oxygen atoms in total. The average Bonchev–Trinajstić information content (AvgIpc) is 3.09. The fourth-order valence-corrected chi connectivity index (χ4v) is 2.34. The Balaban J connectivity index is 1.80. The van der Waals surface area contributed by atoms with E-state index in [9.17, 15) is 0 Å². The Morgan fingerprint density at radius 3 is 2.83 bits per heavy atom. The molecule has 90 valence electrons. The molecule has 18 heavy (non-hydrogen) atoms. The lowest BCUT2D eigenvalue weighted by Crippen LogP contribution is -1.98. The molecule has 0 saturated heterocycles. The summed E-state index contributed by atoms with van der Waals surface area (Å²) in [5, 5.41) is 12.5. The lowest BCUT2D eigenvalue weighted by atomic mass is 10.3. The Kier molecular flexibility index (Phi) is 3.10. The Hall–Kier alpha value is -2.08. The number of nitrogens with zero attached hydrogens (tertiary/aromatic N) is 4. The number of thioether (sulfide) groups is 1. The summed E-state index contributed by atoms with van der Waals surface area (Å²) in [6, 6.07) is 11.8. The molecule has 0 amide bonds. The molecule has 0 spiro atoms. The van der Waals surface area contributed by atoms with Crippen LogP contribution in [0.4, 0.5) is 0 Å². The molecule has 0 bridgehead atoms. The summed E-state index contributed by atoms with van der Waals surface area (Å²) < 4.78 is 6.75. The minimum Gasteiger partial charge on any atom is -0.472 e. The van der Waals surface area contributed by atoms with Gasteiger partial charge in [-0.1, -0.05) is 30.0 Å². The highest BCUT2D eigenvalue weighted by Crippen LogP contribution is 2.22. The van der Waals surface area contributed by atoms with E-state index in [2.05, 4.69) is 15.5 Å². The van der Waals surface area contributed by atoms with Crippen molar-refractivity contribution in [3.8, 4) is 5.69 Å². The second kappa shape index (κ2) is 5.05. The van der Waals surface area contributed by atoms with Gasteiger partial charge in [-0.2, -0.15) is 4.68 Å². The van der Waals surface area contributed by atoms with Gasteiger partial charge < -0.3 is 4.42 Å². The van der Waals surface area contributed by atoms with Crippen molar-refractivity contribution in [3.63, 3.8) is 0 Å². The maximum Gasteiger partial charge on any atom is 0.214 e. The first-order valence-electron chi connectivity index (χ1n) is 5.41. The van der Waals surface area contributed by atoms with Crippen LogP contribution in [0.3, 0.4) is 0 Å². The molecule has 0 atom stereocenters. The van der Waals surface area contributed by atoms with Crippen LogP contribution < -0.4 is 0 Å². The molecule has 0 saturated carbocycles. The molecule has 0 unspecified atom stereocenters. The van der Waals surface area contributed by atoms with E-state index in [1.54, 1.807) is 29.0 Å². The van der Waals surface area contributed by atoms with Gasteiger partial charge in [0.2, 0.25) is 5.16 Å². The lowest BCUT2D eigenvalue weighted by Gasteiger charge is -2.02. The summed E-state index contributed by atoms with van der Waals surface area (Å²) in [4.78, 5) is 0. The van der Waals surface area contributed by atoms with E-state index in [-0.39, 0.29) is 0 Å². The van der Waals surface area contributed by atoms with Gasteiger partial charge in [0.1, 0.15) is 0 Å². The fourth-order valence-electron chi connectivity index (χ4n) is 1.52. The number of benzene rings is 1. The topological polar surface area (TPSA) is 56.7 Å². The zero-order chi connectivity index (χ0) is 12.2. The molecule has 0 fully saturated rings. The van der Waals surface area contributed by atoms with Crippen LogP contribution in [0.15, 0.2) is 58.5 Å². The van der Waals surface area contributed by atoms with E-state index < -0.39 is 0 Å². The third-order valence-corrected chi connectivity index (χ3v) is 3.38. The van der Waals surface area contributed by atoms with Crippen molar-refractivity contribution < 1.29 is 4.42 Å². The van der Waals surface area contributed by atoms with Crippen LogP contribution in [0.1, 0.15) is 5.56 Å². The first-order valence-corrected chi connectivity index (χ1v) is 6.40. The van der Waals surface area contributed by atoms with Gasteiger partial charge in [0.25, 0.3) is 0 Å². The second-order valence-electron chi connectivity index (χ2n) is 3.63. The van der Waals surface area contributed by atoms with Gasteiger partial charge in [0.15, 0.2) is 0 Å². The van der Waals surface area contributed by atoms with Crippen molar-refractivity contribution in [1.82, 2.24) is 20.2 Å². The Morgan fingerprint density at radius 1 is 1.17 bits per heavy atom. The maximum atomic E-state index is 5.03. The molecule has 0 aliphatic carbocycles. The third kappa shape index (κ3) is 2.28. The molecule has 2 heterocycles. The summed E-state index contributed by atoms with van der Waals surface area (Å²) >= 11 is 1.57. The predicted molar refractivity (Wildman–Crippen MR) is 67.4 cm³/mol. The molecule has 3 rings (SSSR count). The number of furan rings is 1. The van der Waals surface area contributed by atoms with Gasteiger partial charge in [0, 0.05) is 11.3 Å². The van der Waals surface area contributed by atoms with Crippen molar-refractivity contribution in [1.29, 1.82) is 0 Å². The van der Waals surface area contributed by atoms with Crippen molar-refractivity contribution >= 4 is 11.8 Å². The molecule has 2 aromatic heterocycles. The SMILES string of the molecule is c1ccc(-n2nnnc2SCc2ccoc2)cc1. The normalized spacial score (nSPS) is 10.7. The van der Waals surface area contributed by atoms with Gasteiger partial charge in [-0.3, -0.25) is 0 Å². The standard InChI is InChI=1S/C12H10N4OS/c1-2-4-11(5-3-1)16-12(13-14-15-16)18-9-10-6-7-17-8-10/h1-8H,9H2. The van der Waals surface area contributed by atoms with E-state index >= 15 is 0 Å². The van der Waals surface area contributed by atoms with E-state index in [4.69, 9.17) is 4.42 Å². The van der Waals surface area contributed by atoms with Gasteiger partial charge in [-0.25, -0.2) is 0 Å². The van der Waals surface area contributed by atoms with E-state index in [1.165, 1.54) is 0 Å². The summed E-state index contributed by atoms with van der Waals surface area (Å²) in [6.07, 6.45) is 3.39. The monoisotopic (exact) mass is 258 g/mol. The number of para-hydroxylation sites is 1. The van der Waals surface area contributed by atoms with E-state index in [0.29, 0.717) is 0 Å². The molecule has 1 aromatic carbocycles. The lowest BCUT2D eigenvalue weighted by molar-refractivity contribution is 0.565. The molecule has 0 aliphatic rings. The average molecular weight is 258 g/mol. The van der Waals surface area contributed by atoms with Crippen molar-refractivity contribution in [2.75, 3.05) is 0 Å². The highest BCUT2D eigenvalue weighted by Gasteiger charge is 2.08. The van der Waals surface area contributed by atoms with Crippen LogP contribution in [-0.4, -0.2) is 20.2 Å². The van der Waals surface area contributed by atoms with Crippen molar-refractivity contribution in [2.45, 2.75) is 10.9 Å². The van der Waals surface area contributed by atoms with Crippen LogP contribution >= 0.6 is 11.8 Å². The van der Waals surface area contributed by atoms with Crippen LogP contribution in [-0.2, 0) is 5.75 Å². The highest BCUT2D eigenvalue weighted by atomic mass is 32.2. The molecule has 3 aromatic rings. The number of aromatic nitrogens is 4. The van der Waals surface area contributed by atoms with Gasteiger partial charge in [0.05, 0.1) is 18.2 Å². The minimum absolute atomic E-state index is 0.766. The van der Waals surface area contributed by atoms with Crippen molar-refractivity contribution in [3.05, 3.63) is 54.5 Å². The first kappa shape index (κ1) is 11.0. The van der Waals surface area contributed by atoms with Crippen LogP contribution in [0.5, 0.6) is 0 Å². The fraction of sp³-hybridized carbons (Fsp3) is 0.0833. The number of rotatable bonds is 4. The zero-order valence-electron chi connectivity index (χ0n) is 9.43. The third-order valence-electron chi connectivity index (χ3n) is 2.39. The van der Waals surface area contributed by atoms with E-state index in [0.717, 1.165) is 22.2 Å². The zero-order valence-corrected chi connectivity index (χ0v) is 10.2. The summed E-state index contributed by atoms with van der Waals surface area (Å²) in [6.45, 7) is 0. The summed E-state index contributed by atoms with van der Waals surface area (Å²) in [5.41, 5.74) is 2.07. The number of tetrazole rings is 1. The van der Waals surface area contributed by atoms with Crippen LogP contribution in [0.25, 0.3) is 5.69 Å². The largest absolute Gasteiger partial charge is 0.472 e. The first-order chi connectivity index (χ1) is 8.93.